The fourth-order valence-corrected chi connectivity index (χ4v) is 2.07. The van der Waals surface area contributed by atoms with Crippen molar-refractivity contribution in [3.63, 3.8) is 0 Å². The Morgan fingerprint density at radius 3 is 2.75 bits per heavy atom. The molecule has 2 atom stereocenters. The van der Waals surface area contributed by atoms with E-state index in [0.29, 0.717) is 17.0 Å². The Morgan fingerprint density at radius 1 is 1.38 bits per heavy atom. The summed E-state index contributed by atoms with van der Waals surface area (Å²) < 4.78 is 5.53. The molecule has 0 spiro atoms. The van der Waals surface area contributed by atoms with E-state index in [9.17, 15) is 0 Å². The normalized spacial score (nSPS) is 15.0. The first-order valence-corrected chi connectivity index (χ1v) is 6.89. The zero-order chi connectivity index (χ0) is 12.0. The van der Waals surface area contributed by atoms with Crippen molar-refractivity contribution in [1.29, 1.82) is 0 Å². The minimum atomic E-state index is -0.141. The van der Waals surface area contributed by atoms with Crippen molar-refractivity contribution in [3.8, 4) is 0 Å². The third-order valence-electron chi connectivity index (χ3n) is 2.69. The van der Waals surface area contributed by atoms with E-state index < -0.39 is 0 Å². The molecule has 0 radical (unpaired) electrons. The van der Waals surface area contributed by atoms with Gasteiger partial charge in [0, 0.05) is 5.75 Å². The Balaban J connectivity index is 2.50. The molecule has 16 heavy (non-hydrogen) atoms. The van der Waals surface area contributed by atoms with Crippen LogP contribution in [0.15, 0.2) is 9.64 Å². The molecule has 1 aromatic heterocycles. The molecule has 0 saturated heterocycles. The third kappa shape index (κ3) is 3.79. The maximum absolute atomic E-state index is 6.01. The van der Waals surface area contributed by atoms with Crippen LogP contribution >= 0.6 is 11.8 Å². The molecule has 2 unspecified atom stereocenters. The molecule has 0 aromatic carbocycles. The zero-order valence-electron chi connectivity index (χ0n) is 10.3. The first kappa shape index (κ1) is 13.5. The first-order valence-electron chi connectivity index (χ1n) is 5.90. The maximum Gasteiger partial charge on any atom is 0.276 e. The van der Waals surface area contributed by atoms with Crippen LogP contribution in [-0.2, 0) is 0 Å². The molecular formula is C11H21N3OS. The van der Waals surface area contributed by atoms with Gasteiger partial charge >= 0.3 is 0 Å². The molecule has 5 heteroatoms. The minimum Gasteiger partial charge on any atom is -0.414 e. The molecule has 1 rings (SSSR count). The standard InChI is InChI=1S/C11H21N3OS/c1-4-6-7-16-11-14-13-10(15-11)9(12)8(3)5-2/h8-9H,4-7,12H2,1-3H3. The lowest BCUT2D eigenvalue weighted by atomic mass is 10.0. The Labute approximate surface area is 101 Å². The average Bonchev–Trinajstić information content (AvgIpc) is 2.76. The summed E-state index contributed by atoms with van der Waals surface area (Å²) in [4.78, 5) is 0. The Bertz CT molecular complexity index is 303. The lowest BCUT2D eigenvalue weighted by Crippen LogP contribution is -2.18. The van der Waals surface area contributed by atoms with Crippen molar-refractivity contribution >= 4 is 11.8 Å². The highest BCUT2D eigenvalue weighted by Crippen LogP contribution is 2.24. The molecule has 4 nitrogen and oxygen atoms in total. The van der Waals surface area contributed by atoms with E-state index in [1.54, 1.807) is 11.8 Å². The van der Waals surface area contributed by atoms with Crippen molar-refractivity contribution in [2.24, 2.45) is 11.7 Å². The molecule has 1 heterocycles. The van der Waals surface area contributed by atoms with Crippen molar-refractivity contribution < 1.29 is 4.42 Å². The van der Waals surface area contributed by atoms with Gasteiger partial charge in [-0.25, -0.2) is 0 Å². The molecule has 0 aliphatic rings. The van der Waals surface area contributed by atoms with Gasteiger partial charge in [-0.3, -0.25) is 0 Å². The van der Waals surface area contributed by atoms with Crippen LogP contribution in [0.3, 0.4) is 0 Å². The van der Waals surface area contributed by atoms with E-state index in [0.717, 1.165) is 12.2 Å². The van der Waals surface area contributed by atoms with Crippen LogP contribution in [0.5, 0.6) is 0 Å². The molecule has 0 bridgehead atoms. The summed E-state index contributed by atoms with van der Waals surface area (Å²) in [5, 5.41) is 8.63. The fraction of sp³-hybridized carbons (Fsp3) is 0.818. The molecule has 0 fully saturated rings. The van der Waals surface area contributed by atoms with Crippen molar-refractivity contribution in [3.05, 3.63) is 5.89 Å². The molecule has 0 saturated carbocycles. The van der Waals surface area contributed by atoms with Crippen LogP contribution in [0.1, 0.15) is 52.0 Å². The molecule has 0 aliphatic carbocycles. The van der Waals surface area contributed by atoms with Crippen LogP contribution in [0, 0.1) is 5.92 Å². The van der Waals surface area contributed by atoms with Gasteiger partial charge in [0.2, 0.25) is 5.89 Å². The van der Waals surface area contributed by atoms with E-state index in [4.69, 9.17) is 10.2 Å². The van der Waals surface area contributed by atoms with E-state index in [-0.39, 0.29) is 6.04 Å². The van der Waals surface area contributed by atoms with Gasteiger partial charge in [-0.2, -0.15) is 0 Å². The SMILES string of the molecule is CCCCSc1nnc(C(N)C(C)CC)o1. The minimum absolute atomic E-state index is 0.141. The van der Waals surface area contributed by atoms with Crippen molar-refractivity contribution in [2.75, 3.05) is 5.75 Å². The first-order chi connectivity index (χ1) is 7.69. The van der Waals surface area contributed by atoms with Gasteiger partial charge in [0.15, 0.2) is 0 Å². The Morgan fingerprint density at radius 2 is 2.12 bits per heavy atom. The molecular weight excluding hydrogens is 222 g/mol. The summed E-state index contributed by atoms with van der Waals surface area (Å²) in [5.74, 6) is 1.96. The van der Waals surface area contributed by atoms with E-state index in [1.165, 1.54) is 12.8 Å². The van der Waals surface area contributed by atoms with Crippen LogP contribution in [-0.4, -0.2) is 16.0 Å². The Kier molecular flexibility index (Phi) is 5.84. The van der Waals surface area contributed by atoms with E-state index in [1.807, 2.05) is 0 Å². The number of hydrogen-bond acceptors (Lipinski definition) is 5. The summed E-state index contributed by atoms with van der Waals surface area (Å²) in [6, 6.07) is -0.141. The maximum atomic E-state index is 6.01. The number of unbranched alkanes of at least 4 members (excludes halogenated alkanes) is 1. The highest BCUT2D eigenvalue weighted by atomic mass is 32.2. The molecule has 2 N–H and O–H groups in total. The predicted octanol–water partition coefficient (Wildman–Crippen LogP) is 3.01. The lowest BCUT2D eigenvalue weighted by molar-refractivity contribution is 0.333. The van der Waals surface area contributed by atoms with Gasteiger partial charge in [0.25, 0.3) is 5.22 Å². The van der Waals surface area contributed by atoms with Gasteiger partial charge in [-0.15, -0.1) is 10.2 Å². The van der Waals surface area contributed by atoms with E-state index >= 15 is 0 Å². The number of nitrogens with two attached hydrogens (primary N) is 1. The van der Waals surface area contributed by atoms with Crippen LogP contribution < -0.4 is 5.73 Å². The van der Waals surface area contributed by atoms with Gasteiger partial charge in [-0.1, -0.05) is 45.4 Å². The second kappa shape index (κ2) is 6.91. The number of hydrogen-bond donors (Lipinski definition) is 1. The highest BCUT2D eigenvalue weighted by Gasteiger charge is 2.19. The van der Waals surface area contributed by atoms with Gasteiger partial charge < -0.3 is 10.2 Å². The lowest BCUT2D eigenvalue weighted by Gasteiger charge is -2.13. The Hall–Kier alpha value is -0.550. The summed E-state index contributed by atoms with van der Waals surface area (Å²) >= 11 is 1.61. The summed E-state index contributed by atoms with van der Waals surface area (Å²) in [5.41, 5.74) is 6.01. The average molecular weight is 243 g/mol. The van der Waals surface area contributed by atoms with Gasteiger partial charge in [-0.05, 0) is 12.3 Å². The van der Waals surface area contributed by atoms with Gasteiger partial charge in [0.05, 0.1) is 6.04 Å². The second-order valence-corrected chi connectivity index (χ2v) is 5.07. The summed E-state index contributed by atoms with van der Waals surface area (Å²) in [6.45, 7) is 6.37. The fourth-order valence-electron chi connectivity index (χ4n) is 1.21. The third-order valence-corrected chi connectivity index (χ3v) is 3.59. The topological polar surface area (TPSA) is 64.9 Å². The van der Waals surface area contributed by atoms with Crippen LogP contribution in [0.2, 0.25) is 0 Å². The molecule has 0 amide bonds. The zero-order valence-corrected chi connectivity index (χ0v) is 11.1. The van der Waals surface area contributed by atoms with Crippen LogP contribution in [0.4, 0.5) is 0 Å². The van der Waals surface area contributed by atoms with Crippen molar-refractivity contribution in [1.82, 2.24) is 10.2 Å². The number of nitrogens with zero attached hydrogens (tertiary/aromatic N) is 2. The number of rotatable bonds is 7. The van der Waals surface area contributed by atoms with Crippen molar-refractivity contribution in [2.45, 2.75) is 51.3 Å². The van der Waals surface area contributed by atoms with Gasteiger partial charge in [0.1, 0.15) is 0 Å². The largest absolute Gasteiger partial charge is 0.414 e. The summed E-state index contributed by atoms with van der Waals surface area (Å²) in [7, 11) is 0. The predicted molar refractivity (Wildman–Crippen MR) is 66.3 cm³/mol. The quantitative estimate of drug-likeness (QED) is 0.589. The second-order valence-electron chi connectivity index (χ2n) is 4.02. The van der Waals surface area contributed by atoms with Crippen LogP contribution in [0.25, 0.3) is 0 Å². The highest BCUT2D eigenvalue weighted by molar-refractivity contribution is 7.99. The summed E-state index contributed by atoms with van der Waals surface area (Å²) in [6.07, 6.45) is 3.36. The molecule has 1 aromatic rings. The molecule has 92 valence electrons. The molecule has 0 aliphatic heterocycles. The smallest absolute Gasteiger partial charge is 0.276 e. The monoisotopic (exact) mass is 243 g/mol. The number of aromatic nitrogens is 2. The number of thioether (sulfide) groups is 1. The van der Waals surface area contributed by atoms with E-state index in [2.05, 4.69) is 31.0 Å².